The largest absolute Gasteiger partial charge is 0.292 e. The average Bonchev–Trinajstić information content (AvgIpc) is 3.58. The van der Waals surface area contributed by atoms with Crippen molar-refractivity contribution in [3.63, 3.8) is 0 Å². The predicted molar refractivity (Wildman–Crippen MR) is 209 cm³/mol. The smallest absolute Gasteiger partial charge is 0.155 e. The van der Waals surface area contributed by atoms with Crippen molar-refractivity contribution in [3.05, 3.63) is 193 Å². The van der Waals surface area contributed by atoms with Crippen LogP contribution < -0.4 is 0 Å². The molecule has 1 heterocycles. The number of hydrogen-bond donors (Lipinski definition) is 0. The quantitative estimate of drug-likeness (QED) is 0.126. The molecule has 1 unspecified atom stereocenters. The van der Waals surface area contributed by atoms with Crippen LogP contribution in [-0.2, 0) is 0 Å². The minimum absolute atomic E-state index is 0.0722. The van der Waals surface area contributed by atoms with Crippen LogP contribution in [0.3, 0.4) is 0 Å². The molecule has 50 heavy (non-hydrogen) atoms. The Labute approximate surface area is 292 Å². The second kappa shape index (κ2) is 13.6. The van der Waals surface area contributed by atoms with E-state index in [4.69, 9.17) is 15.0 Å². The molecule has 8 aromatic rings. The van der Waals surface area contributed by atoms with Crippen LogP contribution in [0.4, 0.5) is 0 Å². The molecule has 8 rings (SSSR count). The van der Waals surface area contributed by atoms with Crippen LogP contribution in [0.5, 0.6) is 0 Å². The third-order valence-electron chi connectivity index (χ3n) is 9.23. The molecule has 0 amide bonds. The van der Waals surface area contributed by atoms with Crippen molar-refractivity contribution >= 4 is 33.4 Å². The number of para-hydroxylation sites is 2. The van der Waals surface area contributed by atoms with E-state index in [1.54, 1.807) is 0 Å². The summed E-state index contributed by atoms with van der Waals surface area (Å²) in [6.07, 6.45) is 0. The highest BCUT2D eigenvalue weighted by Crippen LogP contribution is 2.32. The van der Waals surface area contributed by atoms with E-state index in [0.29, 0.717) is 0 Å². The molecular formula is C46H36N4. The van der Waals surface area contributed by atoms with Gasteiger partial charge in [-0.15, -0.1) is 0 Å². The molecule has 0 fully saturated rings. The normalized spacial score (nSPS) is 12.8. The summed E-state index contributed by atoms with van der Waals surface area (Å²) >= 11 is 0. The molecule has 0 radical (unpaired) electrons. The van der Waals surface area contributed by atoms with E-state index in [1.165, 1.54) is 10.8 Å². The van der Waals surface area contributed by atoms with Crippen molar-refractivity contribution in [3.8, 4) is 28.2 Å². The molecule has 4 nitrogen and oxygen atoms in total. The first-order valence-corrected chi connectivity index (χ1v) is 17.0. The van der Waals surface area contributed by atoms with Gasteiger partial charge in [-0.2, -0.15) is 0 Å². The molecule has 0 saturated heterocycles. The van der Waals surface area contributed by atoms with E-state index in [9.17, 15) is 0 Å². The fraction of sp³-hybridized carbons (Fsp3) is 0.0652. The molecule has 4 heteroatoms. The second-order valence-electron chi connectivity index (χ2n) is 12.5. The Bertz CT molecular complexity index is 2470. The zero-order valence-corrected chi connectivity index (χ0v) is 28.1. The molecule has 240 valence electrons. The minimum atomic E-state index is -0.0722. The highest BCUT2D eigenvalue weighted by Gasteiger charge is 2.15. The summed E-state index contributed by atoms with van der Waals surface area (Å²) in [5.41, 5.74) is 10.7. The fourth-order valence-corrected chi connectivity index (χ4v) is 6.48. The number of imidazole rings is 1. The lowest BCUT2D eigenvalue weighted by atomic mass is 10.0. The van der Waals surface area contributed by atoms with E-state index in [1.807, 2.05) is 49.4 Å². The van der Waals surface area contributed by atoms with Crippen LogP contribution in [0.1, 0.15) is 36.6 Å². The Balaban J connectivity index is 1.08. The van der Waals surface area contributed by atoms with Crippen LogP contribution in [0, 0.1) is 0 Å². The maximum absolute atomic E-state index is 5.12. The van der Waals surface area contributed by atoms with E-state index >= 15 is 0 Å². The number of fused-ring (bicyclic) bond motifs is 2. The second-order valence-corrected chi connectivity index (χ2v) is 12.5. The Morgan fingerprint density at radius 3 is 1.86 bits per heavy atom. The van der Waals surface area contributed by atoms with Gasteiger partial charge in [0.2, 0.25) is 0 Å². The van der Waals surface area contributed by atoms with Crippen molar-refractivity contribution in [1.29, 1.82) is 0 Å². The summed E-state index contributed by atoms with van der Waals surface area (Å²) in [5.74, 6) is 1.66. The Kier molecular flexibility index (Phi) is 8.42. The SMILES string of the molecule is CC(=NC(=NC(C)c1ccc(-c2ccc(-c3nc4ccccc4n3-c3ccc4ccccc4c3)cc2)cc1)c1ccccc1)c1ccccc1. The van der Waals surface area contributed by atoms with Gasteiger partial charge in [0.1, 0.15) is 5.82 Å². The molecule has 0 aliphatic rings. The Hall–Kier alpha value is -6.39. The molecule has 0 aliphatic carbocycles. The summed E-state index contributed by atoms with van der Waals surface area (Å²) in [6.45, 7) is 4.17. The lowest BCUT2D eigenvalue weighted by Crippen LogP contribution is -2.05. The summed E-state index contributed by atoms with van der Waals surface area (Å²) in [7, 11) is 0. The first kappa shape index (κ1) is 30.9. The molecule has 1 atom stereocenters. The zero-order chi connectivity index (χ0) is 33.9. The van der Waals surface area contributed by atoms with Crippen molar-refractivity contribution in [2.24, 2.45) is 9.98 Å². The van der Waals surface area contributed by atoms with Crippen LogP contribution in [0.25, 0.3) is 50.0 Å². The highest BCUT2D eigenvalue weighted by atomic mass is 15.1. The lowest BCUT2D eigenvalue weighted by Gasteiger charge is -2.12. The van der Waals surface area contributed by atoms with Gasteiger partial charge in [0, 0.05) is 22.5 Å². The molecule has 0 aliphatic heterocycles. The molecule has 7 aromatic carbocycles. The van der Waals surface area contributed by atoms with Gasteiger partial charge in [0.25, 0.3) is 0 Å². The monoisotopic (exact) mass is 644 g/mol. The molecule has 0 spiro atoms. The summed E-state index contributed by atoms with van der Waals surface area (Å²) < 4.78 is 2.27. The van der Waals surface area contributed by atoms with Gasteiger partial charge < -0.3 is 0 Å². The molecule has 0 saturated carbocycles. The van der Waals surface area contributed by atoms with Crippen LogP contribution in [-0.4, -0.2) is 21.1 Å². The van der Waals surface area contributed by atoms with Gasteiger partial charge in [-0.25, -0.2) is 9.98 Å². The zero-order valence-electron chi connectivity index (χ0n) is 28.1. The number of nitrogens with zero attached hydrogens (tertiary/aromatic N) is 4. The average molecular weight is 645 g/mol. The molecule has 0 N–H and O–H groups in total. The van der Waals surface area contributed by atoms with Crippen LogP contribution in [0.15, 0.2) is 186 Å². The van der Waals surface area contributed by atoms with Gasteiger partial charge >= 0.3 is 0 Å². The van der Waals surface area contributed by atoms with Crippen LogP contribution >= 0.6 is 0 Å². The third-order valence-corrected chi connectivity index (χ3v) is 9.23. The topological polar surface area (TPSA) is 42.5 Å². The summed E-state index contributed by atoms with van der Waals surface area (Å²) in [6, 6.07) is 61.2. The predicted octanol–water partition coefficient (Wildman–Crippen LogP) is 11.5. The van der Waals surface area contributed by atoms with Crippen molar-refractivity contribution in [1.82, 2.24) is 9.55 Å². The number of amidine groups is 1. The van der Waals surface area contributed by atoms with Crippen molar-refractivity contribution in [2.45, 2.75) is 19.9 Å². The maximum atomic E-state index is 5.12. The van der Waals surface area contributed by atoms with Crippen molar-refractivity contribution in [2.75, 3.05) is 0 Å². The number of aromatic nitrogens is 2. The lowest BCUT2D eigenvalue weighted by molar-refractivity contribution is 0.819. The first-order valence-electron chi connectivity index (χ1n) is 17.0. The van der Waals surface area contributed by atoms with Gasteiger partial charge in [-0.05, 0) is 71.1 Å². The molecular weight excluding hydrogens is 609 g/mol. The number of aliphatic imine (C=N–C) groups is 2. The van der Waals surface area contributed by atoms with Gasteiger partial charge in [-0.1, -0.05) is 152 Å². The number of benzene rings is 7. The maximum Gasteiger partial charge on any atom is 0.155 e. The van der Waals surface area contributed by atoms with Crippen LogP contribution in [0.2, 0.25) is 0 Å². The first-order chi connectivity index (χ1) is 24.6. The van der Waals surface area contributed by atoms with Gasteiger partial charge in [0.15, 0.2) is 5.84 Å². The van der Waals surface area contributed by atoms with Gasteiger partial charge in [0.05, 0.1) is 17.1 Å². The fourth-order valence-electron chi connectivity index (χ4n) is 6.48. The molecule has 0 bridgehead atoms. The highest BCUT2D eigenvalue weighted by molar-refractivity contribution is 6.11. The third kappa shape index (κ3) is 6.27. The minimum Gasteiger partial charge on any atom is -0.292 e. The van der Waals surface area contributed by atoms with Crippen molar-refractivity contribution < 1.29 is 0 Å². The van der Waals surface area contributed by atoms with E-state index in [0.717, 1.165) is 67.5 Å². The molecule has 1 aromatic heterocycles. The Morgan fingerprint density at radius 1 is 0.560 bits per heavy atom. The van der Waals surface area contributed by atoms with Gasteiger partial charge in [-0.3, -0.25) is 9.56 Å². The summed E-state index contributed by atoms with van der Waals surface area (Å²) in [5, 5.41) is 2.43. The standard InChI is InChI=1S/C46H36N4/c1-32(34-13-5-3-6-14-34)47-45(39-16-7-4-8-17-39)48-33(2)35-21-23-37(24-22-35)38-25-27-40(28-26-38)46-49-43-19-11-12-20-44(43)50(46)42-30-29-36-15-9-10-18-41(36)31-42/h3-31,33H,1-2H3. The van der Waals surface area contributed by atoms with E-state index in [2.05, 4.69) is 145 Å². The Morgan fingerprint density at radius 2 is 1.14 bits per heavy atom. The number of hydrogen-bond acceptors (Lipinski definition) is 2. The number of rotatable bonds is 7. The van der Waals surface area contributed by atoms with E-state index < -0.39 is 0 Å². The van der Waals surface area contributed by atoms with E-state index in [-0.39, 0.29) is 6.04 Å². The summed E-state index contributed by atoms with van der Waals surface area (Å²) in [4.78, 5) is 15.2.